The van der Waals surface area contributed by atoms with Gasteiger partial charge in [-0.15, -0.1) is 0 Å². The molecule has 108 valence electrons. The van der Waals surface area contributed by atoms with Crippen molar-refractivity contribution in [1.82, 2.24) is 4.57 Å². The molecule has 0 atom stereocenters. The number of carbonyl (C=O) groups excluding carboxylic acids is 1. The summed E-state index contributed by atoms with van der Waals surface area (Å²) in [6, 6.07) is 11.8. The molecule has 0 saturated heterocycles. The molecule has 0 amide bonds. The zero-order valence-corrected chi connectivity index (χ0v) is 12.2. The Labute approximate surface area is 121 Å². The Morgan fingerprint density at radius 1 is 1.05 bits per heavy atom. The van der Waals surface area contributed by atoms with Gasteiger partial charge in [0.1, 0.15) is 11.4 Å². The summed E-state index contributed by atoms with van der Waals surface area (Å²) in [6.07, 6.45) is -0.458. The van der Waals surface area contributed by atoms with E-state index in [1.807, 2.05) is 45.0 Å². The average molecular weight is 284 g/mol. The van der Waals surface area contributed by atoms with E-state index in [2.05, 4.69) is 0 Å². The maximum Gasteiger partial charge on any atom is 0.419 e. The normalized spacial score (nSPS) is 12.0. The van der Waals surface area contributed by atoms with Crippen LogP contribution in [0.15, 0.2) is 42.5 Å². The molecule has 3 nitrogen and oxygen atoms in total. The van der Waals surface area contributed by atoms with Crippen LogP contribution in [-0.4, -0.2) is 16.3 Å². The van der Waals surface area contributed by atoms with Gasteiger partial charge in [0.25, 0.3) is 0 Å². The van der Waals surface area contributed by atoms with Crippen molar-refractivity contribution in [3.8, 4) is 0 Å². The van der Waals surface area contributed by atoms with E-state index in [0.29, 0.717) is 16.4 Å². The highest BCUT2D eigenvalue weighted by molar-refractivity contribution is 6.12. The zero-order chi connectivity index (χ0) is 15.2. The molecule has 0 spiro atoms. The Morgan fingerprint density at radius 2 is 1.71 bits per heavy atom. The number of halogens is 1. The number of rotatable bonds is 0. The fraction of sp³-hybridized carbons (Fsp3) is 0.235. The lowest BCUT2D eigenvalue weighted by molar-refractivity contribution is 0.0551. The van der Waals surface area contributed by atoms with E-state index >= 15 is 0 Å². The van der Waals surface area contributed by atoms with E-state index < -0.39 is 11.7 Å². The van der Waals surface area contributed by atoms with Gasteiger partial charge in [0.2, 0.25) is 0 Å². The predicted molar refractivity (Wildman–Crippen MR) is 81.0 cm³/mol. The van der Waals surface area contributed by atoms with Gasteiger partial charge in [-0.1, -0.05) is 18.2 Å². The zero-order valence-electron chi connectivity index (χ0n) is 12.2. The monoisotopic (exact) mass is 284 g/mol. The molecule has 1 heterocycles. The Morgan fingerprint density at radius 3 is 2.43 bits per heavy atom. The van der Waals surface area contributed by atoms with E-state index in [1.54, 1.807) is 6.07 Å². The Kier molecular flexibility index (Phi) is 2.97. The minimum absolute atomic E-state index is 0.324. The van der Waals surface area contributed by atoms with Crippen LogP contribution in [-0.2, 0) is 4.74 Å². The van der Waals surface area contributed by atoms with Crippen molar-refractivity contribution in [3.63, 3.8) is 0 Å². The van der Waals surface area contributed by atoms with Crippen LogP contribution in [0, 0.1) is 5.82 Å². The van der Waals surface area contributed by atoms with Crippen molar-refractivity contribution in [1.29, 1.82) is 0 Å². The van der Waals surface area contributed by atoms with Gasteiger partial charge < -0.3 is 4.74 Å². The number of aromatic nitrogens is 1. The third kappa shape index (κ3) is 2.37. The van der Waals surface area contributed by atoms with E-state index in [-0.39, 0.29) is 5.82 Å². The van der Waals surface area contributed by atoms with Gasteiger partial charge in [-0.2, -0.15) is 0 Å². The molecular formula is C17H16FNO2. The molecule has 0 aliphatic carbocycles. The number of nitrogens with zero attached hydrogens (tertiary/aromatic N) is 1. The highest BCUT2D eigenvalue weighted by atomic mass is 18.2. The second kappa shape index (κ2) is 4.58. The lowest BCUT2D eigenvalue weighted by atomic mass is 10.1. The highest BCUT2D eigenvalue weighted by Crippen LogP contribution is 2.30. The largest absolute Gasteiger partial charge is 0.443 e. The SMILES string of the molecule is CC(C)(C)OC(=O)n1c2ccccc2c2cc([18F])ccc21. The van der Waals surface area contributed by atoms with Crippen LogP contribution < -0.4 is 0 Å². The van der Waals surface area contributed by atoms with Crippen LogP contribution >= 0.6 is 0 Å². The first-order valence-electron chi connectivity index (χ1n) is 6.79. The maximum absolute atomic E-state index is 13.5. The van der Waals surface area contributed by atoms with Crippen molar-refractivity contribution < 1.29 is 13.9 Å². The molecule has 21 heavy (non-hydrogen) atoms. The van der Waals surface area contributed by atoms with Crippen LogP contribution in [0.5, 0.6) is 0 Å². The van der Waals surface area contributed by atoms with Gasteiger partial charge in [-0.3, -0.25) is 0 Å². The summed E-state index contributed by atoms with van der Waals surface area (Å²) in [5, 5.41) is 1.54. The predicted octanol–water partition coefficient (Wildman–Crippen LogP) is 4.72. The molecule has 3 aromatic rings. The van der Waals surface area contributed by atoms with Crippen molar-refractivity contribution in [3.05, 3.63) is 48.3 Å². The maximum atomic E-state index is 13.5. The lowest BCUT2D eigenvalue weighted by Crippen LogP contribution is -2.27. The van der Waals surface area contributed by atoms with Crippen LogP contribution in [0.2, 0.25) is 0 Å². The topological polar surface area (TPSA) is 31.2 Å². The van der Waals surface area contributed by atoms with Gasteiger partial charge in [-0.25, -0.2) is 13.8 Å². The molecule has 2 aromatic carbocycles. The quantitative estimate of drug-likeness (QED) is 0.598. The summed E-state index contributed by atoms with van der Waals surface area (Å²) in [7, 11) is 0. The third-order valence-electron chi connectivity index (χ3n) is 3.21. The summed E-state index contributed by atoms with van der Waals surface area (Å²) >= 11 is 0. The summed E-state index contributed by atoms with van der Waals surface area (Å²) in [5.41, 5.74) is 0.772. The van der Waals surface area contributed by atoms with Crippen LogP contribution in [0.1, 0.15) is 20.8 Å². The molecule has 1 aromatic heterocycles. The van der Waals surface area contributed by atoms with E-state index in [4.69, 9.17) is 4.74 Å². The van der Waals surface area contributed by atoms with Crippen molar-refractivity contribution in [2.24, 2.45) is 0 Å². The van der Waals surface area contributed by atoms with Gasteiger partial charge >= 0.3 is 6.09 Å². The fourth-order valence-electron chi connectivity index (χ4n) is 2.45. The molecule has 0 N–H and O–H groups in total. The Balaban J connectivity index is 2.31. The molecular weight excluding hydrogens is 268 g/mol. The first kappa shape index (κ1) is 13.6. The molecule has 4 heteroatoms. The van der Waals surface area contributed by atoms with Crippen molar-refractivity contribution in [2.45, 2.75) is 26.4 Å². The number of hydrogen-bond acceptors (Lipinski definition) is 2. The minimum Gasteiger partial charge on any atom is -0.443 e. The number of fused-ring (bicyclic) bond motifs is 3. The van der Waals surface area contributed by atoms with Crippen LogP contribution in [0.25, 0.3) is 21.8 Å². The second-order valence-corrected chi connectivity index (χ2v) is 5.99. The summed E-state index contributed by atoms with van der Waals surface area (Å²) in [5.74, 6) is -0.324. The third-order valence-corrected chi connectivity index (χ3v) is 3.21. The lowest BCUT2D eigenvalue weighted by Gasteiger charge is -2.20. The highest BCUT2D eigenvalue weighted by Gasteiger charge is 2.22. The molecule has 0 unspecified atom stereocenters. The smallest absolute Gasteiger partial charge is 0.419 e. The molecule has 0 bridgehead atoms. The fourth-order valence-corrected chi connectivity index (χ4v) is 2.45. The summed E-state index contributed by atoms with van der Waals surface area (Å²) in [4.78, 5) is 12.5. The van der Waals surface area contributed by atoms with Crippen molar-refractivity contribution in [2.75, 3.05) is 0 Å². The molecule has 0 aliphatic rings. The van der Waals surface area contributed by atoms with Gasteiger partial charge in [0.05, 0.1) is 11.0 Å². The molecule has 0 radical (unpaired) electrons. The molecule has 0 fully saturated rings. The second-order valence-electron chi connectivity index (χ2n) is 5.99. The van der Waals surface area contributed by atoms with E-state index in [1.165, 1.54) is 16.7 Å². The Hall–Kier alpha value is -2.36. The number of carbonyl (C=O) groups is 1. The number of ether oxygens (including phenoxy) is 1. The molecule has 0 saturated carbocycles. The molecule has 3 rings (SSSR count). The van der Waals surface area contributed by atoms with Gasteiger partial charge in [-0.05, 0) is 45.0 Å². The van der Waals surface area contributed by atoms with Crippen LogP contribution in [0.3, 0.4) is 0 Å². The standard InChI is InChI=1S/C17H16FNO2/c1-17(2,3)21-16(20)19-14-7-5-4-6-12(14)13-10-11(18)8-9-15(13)19/h4-10H,1-3H3/i18-1. The van der Waals surface area contributed by atoms with Crippen molar-refractivity contribution >= 4 is 27.9 Å². The summed E-state index contributed by atoms with van der Waals surface area (Å²) in [6.45, 7) is 5.45. The number of benzene rings is 2. The van der Waals surface area contributed by atoms with Crippen LogP contribution in [0.4, 0.5) is 9.18 Å². The Bertz CT molecular complexity index is 843. The average Bonchev–Trinajstić information content (AvgIpc) is 2.71. The van der Waals surface area contributed by atoms with Gasteiger partial charge in [0, 0.05) is 10.8 Å². The first-order valence-corrected chi connectivity index (χ1v) is 6.79. The molecule has 0 aliphatic heterocycles. The number of para-hydroxylation sites is 1. The summed E-state index contributed by atoms with van der Waals surface area (Å²) < 4.78 is 20.5. The van der Waals surface area contributed by atoms with E-state index in [9.17, 15) is 9.18 Å². The van der Waals surface area contributed by atoms with Gasteiger partial charge in [0.15, 0.2) is 0 Å². The minimum atomic E-state index is -0.588. The first-order chi connectivity index (χ1) is 9.87. The van der Waals surface area contributed by atoms with E-state index in [0.717, 1.165) is 5.39 Å². The number of hydrogen-bond donors (Lipinski definition) is 0.